The highest BCUT2D eigenvalue weighted by atomic mass is 32.2. The van der Waals surface area contributed by atoms with Crippen LogP contribution in [0.25, 0.3) is 0 Å². The number of halogens is 1. The van der Waals surface area contributed by atoms with Gasteiger partial charge in [0.05, 0.1) is 10.5 Å². The van der Waals surface area contributed by atoms with Crippen molar-refractivity contribution in [2.75, 3.05) is 5.32 Å². The third-order valence-corrected chi connectivity index (χ3v) is 6.05. The fourth-order valence-corrected chi connectivity index (χ4v) is 4.81. The number of carbonyl (C=O) groups excluding carboxylic acids is 1. The van der Waals surface area contributed by atoms with Gasteiger partial charge in [-0.15, -0.1) is 0 Å². The monoisotopic (exact) mass is 387 g/mol. The molecule has 1 aromatic heterocycles. The van der Waals surface area contributed by atoms with Crippen LogP contribution in [0, 0.1) is 21.9 Å². The lowest BCUT2D eigenvalue weighted by Gasteiger charge is -2.15. The van der Waals surface area contributed by atoms with E-state index in [0.717, 1.165) is 36.1 Å². The zero-order valence-electron chi connectivity index (χ0n) is 15.3. The van der Waals surface area contributed by atoms with Crippen molar-refractivity contribution in [3.8, 4) is 6.07 Å². The minimum Gasteiger partial charge on any atom is -0.345 e. The van der Waals surface area contributed by atoms with Gasteiger partial charge < -0.3 is 9.88 Å². The molecular formula is C19H22FN5OS. The van der Waals surface area contributed by atoms with Crippen molar-refractivity contribution < 1.29 is 9.18 Å². The molecule has 2 aromatic rings. The molecule has 1 aliphatic rings. The summed E-state index contributed by atoms with van der Waals surface area (Å²) in [6.07, 6.45) is 5.50. The molecule has 1 aliphatic heterocycles. The highest BCUT2D eigenvalue weighted by molar-refractivity contribution is 7.84. The standard InChI is InChI=1S/C19H22FN5OS/c1-3-4-13-5-7-15-17(27(22)24-13)11-25(2)18(15)19(26)23-14-6-8-16(20)12(9-14)10-21/h6,8-9,11,13H,3-5,7H2,1-2H3,(H2,22,24)(H,23,26). The van der Waals surface area contributed by atoms with Crippen molar-refractivity contribution in [1.29, 1.82) is 10.0 Å². The normalized spacial score (nSPS) is 19.0. The summed E-state index contributed by atoms with van der Waals surface area (Å²) >= 11 is 0. The molecule has 142 valence electrons. The lowest BCUT2D eigenvalue weighted by atomic mass is 10.0. The van der Waals surface area contributed by atoms with E-state index >= 15 is 0 Å². The fourth-order valence-electron chi connectivity index (χ4n) is 3.40. The summed E-state index contributed by atoms with van der Waals surface area (Å²) in [7, 11) is 0.919. The Labute approximate surface area is 160 Å². The van der Waals surface area contributed by atoms with Crippen molar-refractivity contribution in [2.24, 2.45) is 7.05 Å². The van der Waals surface area contributed by atoms with Crippen molar-refractivity contribution in [1.82, 2.24) is 9.29 Å². The quantitative estimate of drug-likeness (QED) is 0.747. The number of amides is 1. The number of benzene rings is 1. The minimum atomic E-state index is -0.868. The van der Waals surface area contributed by atoms with E-state index < -0.39 is 16.7 Å². The molecule has 27 heavy (non-hydrogen) atoms. The molecule has 0 spiro atoms. The van der Waals surface area contributed by atoms with Crippen LogP contribution in [-0.2, 0) is 24.3 Å². The molecule has 8 heteroatoms. The second kappa shape index (κ2) is 8.03. The molecule has 6 nitrogen and oxygen atoms in total. The topological polar surface area (TPSA) is 93.7 Å². The molecule has 2 atom stereocenters. The van der Waals surface area contributed by atoms with Crippen molar-refractivity contribution in [3.05, 3.63) is 47.0 Å². The molecule has 3 N–H and O–H groups in total. The Morgan fingerprint density at radius 3 is 3.04 bits per heavy atom. The van der Waals surface area contributed by atoms with Gasteiger partial charge in [0.15, 0.2) is 0 Å². The van der Waals surface area contributed by atoms with E-state index in [1.807, 2.05) is 6.20 Å². The lowest BCUT2D eigenvalue weighted by molar-refractivity contribution is 0.101. The molecule has 2 unspecified atom stereocenters. The summed E-state index contributed by atoms with van der Waals surface area (Å²) in [6, 6.07) is 5.97. The SMILES string of the molecule is CCCC1CCc2c(cn(C)c2C(=O)Nc2ccc(F)c(C#N)c2)S(=N)N1. The first-order chi connectivity index (χ1) is 12.9. The van der Waals surface area contributed by atoms with Gasteiger partial charge in [-0.3, -0.25) is 9.57 Å². The lowest BCUT2D eigenvalue weighted by Crippen LogP contribution is -2.28. The Morgan fingerprint density at radius 1 is 1.56 bits per heavy atom. The van der Waals surface area contributed by atoms with E-state index in [1.54, 1.807) is 17.7 Å². The van der Waals surface area contributed by atoms with Gasteiger partial charge in [-0.25, -0.2) is 9.11 Å². The van der Waals surface area contributed by atoms with Gasteiger partial charge >= 0.3 is 0 Å². The van der Waals surface area contributed by atoms with Gasteiger partial charge in [-0.2, -0.15) is 5.26 Å². The molecule has 0 aliphatic carbocycles. The fraction of sp³-hybridized carbons (Fsp3) is 0.368. The first-order valence-electron chi connectivity index (χ1n) is 8.85. The average molecular weight is 387 g/mol. The Bertz CT molecular complexity index is 946. The number of nitriles is 1. The number of anilines is 1. The number of hydrogen-bond donors (Lipinski definition) is 3. The van der Waals surface area contributed by atoms with Gasteiger partial charge in [-0.1, -0.05) is 13.3 Å². The molecular weight excluding hydrogens is 365 g/mol. The molecule has 0 radical (unpaired) electrons. The highest BCUT2D eigenvalue weighted by Crippen LogP contribution is 2.27. The maximum Gasteiger partial charge on any atom is 0.272 e. The average Bonchev–Trinajstić information content (AvgIpc) is 2.90. The zero-order chi connectivity index (χ0) is 19.6. The molecule has 0 saturated carbocycles. The van der Waals surface area contributed by atoms with E-state index in [1.165, 1.54) is 18.2 Å². The van der Waals surface area contributed by atoms with Gasteiger partial charge in [0, 0.05) is 25.0 Å². The molecule has 0 bridgehead atoms. The Kier molecular flexibility index (Phi) is 5.73. The van der Waals surface area contributed by atoms with Gasteiger partial charge in [0.25, 0.3) is 5.91 Å². The summed E-state index contributed by atoms with van der Waals surface area (Å²) in [4.78, 5) is 13.7. The summed E-state index contributed by atoms with van der Waals surface area (Å²) in [5.74, 6) is -0.935. The first kappa shape index (κ1) is 19.3. The molecule has 0 saturated heterocycles. The van der Waals surface area contributed by atoms with Crippen LogP contribution in [0.3, 0.4) is 0 Å². The molecule has 1 aromatic carbocycles. The number of fused-ring (bicyclic) bond motifs is 1. The van der Waals surface area contributed by atoms with Gasteiger partial charge in [-0.05, 0) is 53.9 Å². The van der Waals surface area contributed by atoms with Crippen LogP contribution in [0.1, 0.15) is 47.8 Å². The third kappa shape index (κ3) is 3.94. The van der Waals surface area contributed by atoms with Crippen LogP contribution < -0.4 is 10.0 Å². The molecule has 2 heterocycles. The summed E-state index contributed by atoms with van der Waals surface area (Å²) in [5.41, 5.74) is 1.66. The number of rotatable bonds is 4. The van der Waals surface area contributed by atoms with Crippen molar-refractivity contribution in [3.63, 3.8) is 0 Å². The van der Waals surface area contributed by atoms with E-state index in [2.05, 4.69) is 17.0 Å². The van der Waals surface area contributed by atoms with Crippen LogP contribution in [0.2, 0.25) is 0 Å². The Hall–Kier alpha value is -2.50. The van der Waals surface area contributed by atoms with E-state index in [-0.39, 0.29) is 17.5 Å². The highest BCUT2D eigenvalue weighted by Gasteiger charge is 2.26. The second-order valence-corrected chi connectivity index (χ2v) is 7.93. The maximum absolute atomic E-state index is 13.5. The molecule has 0 fully saturated rings. The van der Waals surface area contributed by atoms with Crippen LogP contribution >= 0.6 is 0 Å². The number of nitrogens with zero attached hydrogens (tertiary/aromatic N) is 2. The number of hydrogen-bond acceptors (Lipinski definition) is 3. The summed E-state index contributed by atoms with van der Waals surface area (Å²) in [6.45, 7) is 2.12. The third-order valence-electron chi connectivity index (χ3n) is 4.69. The number of carbonyl (C=O) groups is 1. The predicted octanol–water partition coefficient (Wildman–Crippen LogP) is 3.65. The van der Waals surface area contributed by atoms with Crippen LogP contribution in [0.5, 0.6) is 0 Å². The summed E-state index contributed by atoms with van der Waals surface area (Å²) in [5, 5.41) is 11.7. The number of aryl methyl sites for hydroxylation is 1. The van der Waals surface area contributed by atoms with E-state index in [9.17, 15) is 9.18 Å². The van der Waals surface area contributed by atoms with Crippen LogP contribution in [-0.4, -0.2) is 16.5 Å². The number of nitrogens with one attached hydrogen (secondary N) is 3. The zero-order valence-corrected chi connectivity index (χ0v) is 16.1. The second-order valence-electron chi connectivity index (χ2n) is 6.64. The van der Waals surface area contributed by atoms with Crippen LogP contribution in [0.15, 0.2) is 29.3 Å². The van der Waals surface area contributed by atoms with Crippen molar-refractivity contribution in [2.45, 2.75) is 43.5 Å². The smallest absolute Gasteiger partial charge is 0.272 e. The minimum absolute atomic E-state index is 0.113. The Balaban J connectivity index is 1.89. The van der Waals surface area contributed by atoms with Crippen molar-refractivity contribution >= 4 is 22.5 Å². The largest absolute Gasteiger partial charge is 0.345 e. The summed E-state index contributed by atoms with van der Waals surface area (Å²) < 4.78 is 27.0. The number of aromatic nitrogens is 1. The van der Waals surface area contributed by atoms with E-state index in [0.29, 0.717) is 11.4 Å². The maximum atomic E-state index is 13.5. The van der Waals surface area contributed by atoms with Crippen LogP contribution in [0.4, 0.5) is 10.1 Å². The molecule has 3 rings (SSSR count). The predicted molar refractivity (Wildman–Crippen MR) is 103 cm³/mol. The van der Waals surface area contributed by atoms with Gasteiger partial charge in [0.2, 0.25) is 0 Å². The Morgan fingerprint density at radius 2 is 2.33 bits per heavy atom. The first-order valence-corrected chi connectivity index (χ1v) is 10.1. The van der Waals surface area contributed by atoms with Gasteiger partial charge in [0.1, 0.15) is 17.6 Å². The van der Waals surface area contributed by atoms with E-state index in [4.69, 9.17) is 10.0 Å². The molecule has 1 amide bonds.